The van der Waals surface area contributed by atoms with Gasteiger partial charge in [0.05, 0.1) is 6.10 Å². The number of aliphatic carboxylic acids is 1. The van der Waals surface area contributed by atoms with Crippen LogP contribution in [0.25, 0.3) is 6.08 Å². The minimum Gasteiger partial charge on any atom is -0.478 e. The number of carboxylic acids is 1. The second-order valence-corrected chi connectivity index (χ2v) is 4.71. The molecule has 0 aliphatic heterocycles. The standard InChI is InChI=1S/C15H19NO4/c1-10(2)20-9-14(17)16-13-7-11(3)6-12(8-13)4-5-15(18)19/h4-8,10H,9H2,1-3H3,(H,16,17)(H,18,19)/b5-4+. The highest BCUT2D eigenvalue weighted by atomic mass is 16.5. The summed E-state index contributed by atoms with van der Waals surface area (Å²) in [6.07, 6.45) is 2.53. The number of hydrogen-bond acceptors (Lipinski definition) is 3. The molecule has 20 heavy (non-hydrogen) atoms. The average molecular weight is 277 g/mol. The van der Waals surface area contributed by atoms with Gasteiger partial charge in [-0.1, -0.05) is 6.07 Å². The molecule has 1 aromatic rings. The minimum atomic E-state index is -1.01. The van der Waals surface area contributed by atoms with Crippen LogP contribution in [0.15, 0.2) is 24.3 Å². The lowest BCUT2D eigenvalue weighted by molar-refractivity contribution is -0.131. The van der Waals surface area contributed by atoms with Crippen LogP contribution in [-0.2, 0) is 14.3 Å². The van der Waals surface area contributed by atoms with Crippen molar-refractivity contribution in [3.05, 3.63) is 35.4 Å². The highest BCUT2D eigenvalue weighted by Gasteiger charge is 2.05. The fraction of sp³-hybridized carbons (Fsp3) is 0.333. The van der Waals surface area contributed by atoms with E-state index >= 15 is 0 Å². The third kappa shape index (κ3) is 6.15. The number of carbonyl (C=O) groups is 2. The number of amides is 1. The molecule has 0 aliphatic carbocycles. The van der Waals surface area contributed by atoms with Gasteiger partial charge in [-0.2, -0.15) is 0 Å². The zero-order chi connectivity index (χ0) is 15.1. The molecule has 1 amide bonds. The summed E-state index contributed by atoms with van der Waals surface area (Å²) in [6.45, 7) is 5.58. The van der Waals surface area contributed by atoms with Gasteiger partial charge in [0.15, 0.2) is 0 Å². The fourth-order valence-corrected chi connectivity index (χ4v) is 1.59. The normalized spacial score (nSPS) is 11.0. The monoisotopic (exact) mass is 277 g/mol. The number of benzene rings is 1. The Bertz CT molecular complexity index is 521. The summed E-state index contributed by atoms with van der Waals surface area (Å²) in [5, 5.41) is 11.3. The van der Waals surface area contributed by atoms with E-state index in [2.05, 4.69) is 5.32 Å². The summed E-state index contributed by atoms with van der Waals surface area (Å²) in [4.78, 5) is 22.2. The maximum atomic E-state index is 11.7. The second kappa shape index (κ2) is 7.45. The average Bonchev–Trinajstić information content (AvgIpc) is 2.33. The van der Waals surface area contributed by atoms with Gasteiger partial charge in [-0.25, -0.2) is 4.79 Å². The van der Waals surface area contributed by atoms with Gasteiger partial charge in [0.25, 0.3) is 0 Å². The molecule has 0 aromatic heterocycles. The number of ether oxygens (including phenoxy) is 1. The number of carboxylic acid groups (broad SMARTS) is 1. The molecule has 0 atom stereocenters. The summed E-state index contributed by atoms with van der Waals surface area (Å²) in [6, 6.07) is 5.35. The van der Waals surface area contributed by atoms with Gasteiger partial charge in [-0.3, -0.25) is 4.79 Å². The Morgan fingerprint density at radius 3 is 2.65 bits per heavy atom. The SMILES string of the molecule is Cc1cc(/C=C/C(=O)O)cc(NC(=O)COC(C)C)c1. The molecule has 0 bridgehead atoms. The van der Waals surface area contributed by atoms with Gasteiger partial charge in [0.2, 0.25) is 5.91 Å². The number of rotatable bonds is 6. The van der Waals surface area contributed by atoms with E-state index in [4.69, 9.17) is 9.84 Å². The maximum Gasteiger partial charge on any atom is 0.328 e. The predicted molar refractivity (Wildman–Crippen MR) is 77.6 cm³/mol. The fourth-order valence-electron chi connectivity index (χ4n) is 1.59. The molecular weight excluding hydrogens is 258 g/mol. The van der Waals surface area contributed by atoms with Crippen LogP contribution in [0.2, 0.25) is 0 Å². The van der Waals surface area contributed by atoms with E-state index in [0.717, 1.165) is 11.6 Å². The van der Waals surface area contributed by atoms with Crippen molar-refractivity contribution in [1.29, 1.82) is 0 Å². The van der Waals surface area contributed by atoms with Crippen molar-refractivity contribution in [3.8, 4) is 0 Å². The lowest BCUT2D eigenvalue weighted by atomic mass is 10.1. The Balaban J connectivity index is 2.75. The van der Waals surface area contributed by atoms with Crippen LogP contribution in [0, 0.1) is 6.92 Å². The molecule has 108 valence electrons. The lowest BCUT2D eigenvalue weighted by Gasteiger charge is -2.09. The van der Waals surface area contributed by atoms with Gasteiger partial charge in [-0.05, 0) is 50.1 Å². The third-order valence-corrected chi connectivity index (χ3v) is 2.35. The number of hydrogen-bond donors (Lipinski definition) is 2. The van der Waals surface area contributed by atoms with Crippen molar-refractivity contribution in [3.63, 3.8) is 0 Å². The molecule has 0 saturated carbocycles. The van der Waals surface area contributed by atoms with E-state index in [1.165, 1.54) is 6.08 Å². The van der Waals surface area contributed by atoms with Crippen LogP contribution < -0.4 is 5.32 Å². The largest absolute Gasteiger partial charge is 0.478 e. The van der Waals surface area contributed by atoms with Crippen LogP contribution in [0.4, 0.5) is 5.69 Å². The number of carbonyl (C=O) groups excluding carboxylic acids is 1. The lowest BCUT2D eigenvalue weighted by Crippen LogP contribution is -2.20. The first-order valence-electron chi connectivity index (χ1n) is 6.31. The summed E-state index contributed by atoms with van der Waals surface area (Å²) in [5.74, 6) is -1.25. The molecule has 0 heterocycles. The van der Waals surface area contributed by atoms with Gasteiger partial charge in [-0.15, -0.1) is 0 Å². The molecule has 0 unspecified atom stereocenters. The van der Waals surface area contributed by atoms with Crippen LogP contribution in [0.5, 0.6) is 0 Å². The van der Waals surface area contributed by atoms with Crippen molar-refractivity contribution in [1.82, 2.24) is 0 Å². The Morgan fingerprint density at radius 2 is 2.05 bits per heavy atom. The molecule has 5 heteroatoms. The van der Waals surface area contributed by atoms with Crippen LogP contribution in [0.1, 0.15) is 25.0 Å². The predicted octanol–water partition coefficient (Wildman–Crippen LogP) is 2.46. The van der Waals surface area contributed by atoms with Crippen LogP contribution >= 0.6 is 0 Å². The first kappa shape index (κ1) is 15.9. The summed E-state index contributed by atoms with van der Waals surface area (Å²) in [5.41, 5.74) is 2.26. The number of aryl methyl sites for hydroxylation is 1. The zero-order valence-electron chi connectivity index (χ0n) is 11.8. The molecule has 0 fully saturated rings. The van der Waals surface area contributed by atoms with Gasteiger partial charge >= 0.3 is 5.97 Å². The Labute approximate surface area is 118 Å². The number of nitrogens with one attached hydrogen (secondary N) is 1. The van der Waals surface area contributed by atoms with Crippen molar-refractivity contribution in [2.75, 3.05) is 11.9 Å². The minimum absolute atomic E-state index is 0.00711. The summed E-state index contributed by atoms with van der Waals surface area (Å²) in [7, 11) is 0. The summed E-state index contributed by atoms with van der Waals surface area (Å²) < 4.78 is 5.21. The summed E-state index contributed by atoms with van der Waals surface area (Å²) >= 11 is 0. The van der Waals surface area contributed by atoms with E-state index < -0.39 is 5.97 Å². The van der Waals surface area contributed by atoms with E-state index in [-0.39, 0.29) is 18.6 Å². The third-order valence-electron chi connectivity index (χ3n) is 2.35. The Kier molecular flexibility index (Phi) is 5.93. The molecule has 0 saturated heterocycles. The smallest absolute Gasteiger partial charge is 0.328 e. The van der Waals surface area contributed by atoms with Gasteiger partial charge in [0, 0.05) is 11.8 Å². The van der Waals surface area contributed by atoms with E-state index in [0.29, 0.717) is 11.3 Å². The first-order chi connectivity index (χ1) is 9.36. The highest BCUT2D eigenvalue weighted by Crippen LogP contribution is 2.16. The highest BCUT2D eigenvalue weighted by molar-refractivity contribution is 5.92. The Hall–Kier alpha value is -2.14. The van der Waals surface area contributed by atoms with Crippen LogP contribution in [0.3, 0.4) is 0 Å². The topological polar surface area (TPSA) is 75.6 Å². The molecule has 1 aromatic carbocycles. The van der Waals surface area contributed by atoms with Crippen LogP contribution in [-0.4, -0.2) is 29.7 Å². The second-order valence-electron chi connectivity index (χ2n) is 4.71. The molecule has 2 N–H and O–H groups in total. The van der Waals surface area contributed by atoms with Crippen molar-refractivity contribution >= 4 is 23.6 Å². The van der Waals surface area contributed by atoms with Gasteiger partial charge < -0.3 is 15.2 Å². The Morgan fingerprint density at radius 1 is 1.35 bits per heavy atom. The zero-order valence-corrected chi connectivity index (χ0v) is 11.8. The maximum absolute atomic E-state index is 11.7. The van der Waals surface area contributed by atoms with Crippen molar-refractivity contribution in [2.45, 2.75) is 26.9 Å². The van der Waals surface area contributed by atoms with Crippen molar-refractivity contribution in [2.24, 2.45) is 0 Å². The molecule has 0 aliphatic rings. The molecule has 0 spiro atoms. The van der Waals surface area contributed by atoms with Gasteiger partial charge in [0.1, 0.15) is 6.61 Å². The first-order valence-corrected chi connectivity index (χ1v) is 6.31. The van der Waals surface area contributed by atoms with E-state index in [1.807, 2.05) is 32.9 Å². The quantitative estimate of drug-likeness (QED) is 0.783. The van der Waals surface area contributed by atoms with E-state index in [9.17, 15) is 9.59 Å². The molecular formula is C15H19NO4. The molecule has 5 nitrogen and oxygen atoms in total. The molecule has 1 rings (SSSR count). The van der Waals surface area contributed by atoms with Crippen molar-refractivity contribution < 1.29 is 19.4 Å². The van der Waals surface area contributed by atoms with E-state index in [1.54, 1.807) is 6.07 Å². The number of anilines is 1. The molecule has 0 radical (unpaired) electrons.